The molecular formula is C28H27F2N7. The lowest BCUT2D eigenvalue weighted by molar-refractivity contribution is 0.311. The lowest BCUT2D eigenvalue weighted by Crippen LogP contribution is -2.44. The predicted molar refractivity (Wildman–Crippen MR) is 146 cm³/mol. The van der Waals surface area contributed by atoms with Gasteiger partial charge in [0.25, 0.3) is 0 Å². The van der Waals surface area contributed by atoms with Crippen molar-refractivity contribution in [3.63, 3.8) is 0 Å². The number of piperazine rings is 1. The van der Waals surface area contributed by atoms with E-state index in [1.807, 2.05) is 54.4 Å². The zero-order valence-corrected chi connectivity index (χ0v) is 20.5. The second-order valence-electron chi connectivity index (χ2n) is 8.90. The summed E-state index contributed by atoms with van der Waals surface area (Å²) in [6.07, 6.45) is 3.13. The van der Waals surface area contributed by atoms with E-state index in [1.54, 1.807) is 12.3 Å². The Morgan fingerprint density at radius 2 is 1.84 bits per heavy atom. The highest BCUT2D eigenvalue weighted by molar-refractivity contribution is 5.95. The predicted octanol–water partition coefficient (Wildman–Crippen LogP) is 5.25. The van der Waals surface area contributed by atoms with Crippen LogP contribution < -0.4 is 16.0 Å². The molecule has 0 unspecified atom stereocenters. The molecule has 0 atom stereocenters. The number of aliphatic imine (C=N–C) groups is 1. The monoisotopic (exact) mass is 499 g/mol. The van der Waals surface area contributed by atoms with E-state index in [4.69, 9.17) is 5.73 Å². The number of nitrogens with one attached hydrogen (secondary N) is 1. The summed E-state index contributed by atoms with van der Waals surface area (Å²) < 4.78 is 30.1. The molecule has 3 aromatic carbocycles. The molecule has 0 aliphatic carbocycles. The van der Waals surface area contributed by atoms with Crippen LogP contribution in [0.15, 0.2) is 78.4 Å². The van der Waals surface area contributed by atoms with E-state index in [1.165, 1.54) is 12.1 Å². The molecule has 1 aliphatic rings. The Kier molecular flexibility index (Phi) is 6.78. The number of aromatic nitrogens is 2. The Morgan fingerprint density at radius 1 is 1.05 bits per heavy atom. The van der Waals surface area contributed by atoms with Gasteiger partial charge in [0.1, 0.15) is 5.84 Å². The molecule has 0 amide bonds. The van der Waals surface area contributed by atoms with E-state index in [0.29, 0.717) is 30.1 Å². The molecule has 0 saturated carbocycles. The Hall–Kier alpha value is -4.37. The van der Waals surface area contributed by atoms with Gasteiger partial charge in [0.2, 0.25) is 5.95 Å². The maximum Gasteiger partial charge on any atom is 0.227 e. The molecule has 1 aromatic heterocycles. The molecule has 2 heterocycles. The number of hydrogen-bond donors (Lipinski definition) is 2. The molecule has 1 saturated heterocycles. The smallest absolute Gasteiger partial charge is 0.227 e. The van der Waals surface area contributed by atoms with E-state index >= 15 is 8.78 Å². The summed E-state index contributed by atoms with van der Waals surface area (Å²) in [5.74, 6) is -1.36. The third-order valence-corrected chi connectivity index (χ3v) is 6.39. The van der Waals surface area contributed by atoms with Gasteiger partial charge in [-0.2, -0.15) is 0 Å². The van der Waals surface area contributed by atoms with Crippen molar-refractivity contribution in [1.82, 2.24) is 14.9 Å². The van der Waals surface area contributed by atoms with E-state index in [9.17, 15) is 0 Å². The SMILES string of the molecule is C=CC(N)=Nc1cccc(-c2cccc3cnc(Nc4ccc(N5CCN(C)CC5)c(F)c4F)nc23)c1. The van der Waals surface area contributed by atoms with E-state index in [-0.39, 0.29) is 17.3 Å². The van der Waals surface area contributed by atoms with Crippen molar-refractivity contribution >= 4 is 39.7 Å². The van der Waals surface area contributed by atoms with Gasteiger partial charge in [0.15, 0.2) is 11.6 Å². The van der Waals surface area contributed by atoms with Crippen molar-refractivity contribution in [2.75, 3.05) is 43.4 Å². The number of halogens is 2. The number of hydrogen-bond acceptors (Lipinski definition) is 6. The fourth-order valence-electron chi connectivity index (χ4n) is 4.33. The Bertz CT molecular complexity index is 1490. The Labute approximate surface area is 214 Å². The number of likely N-dealkylation sites (N-methyl/N-ethyl adjacent to an activating group) is 1. The summed E-state index contributed by atoms with van der Waals surface area (Å²) in [5.41, 5.74) is 9.09. The summed E-state index contributed by atoms with van der Waals surface area (Å²) in [6, 6.07) is 16.4. The molecule has 1 fully saturated rings. The van der Waals surface area contributed by atoms with Crippen LogP contribution in [0.25, 0.3) is 22.0 Å². The van der Waals surface area contributed by atoms with E-state index in [2.05, 4.69) is 31.8 Å². The number of para-hydroxylation sites is 1. The highest BCUT2D eigenvalue weighted by Crippen LogP contribution is 2.32. The van der Waals surface area contributed by atoms with Gasteiger partial charge < -0.3 is 20.9 Å². The second-order valence-corrected chi connectivity index (χ2v) is 8.90. The van der Waals surface area contributed by atoms with Gasteiger partial charge in [-0.05, 0) is 43.0 Å². The number of benzene rings is 3. The van der Waals surface area contributed by atoms with Crippen molar-refractivity contribution in [1.29, 1.82) is 0 Å². The van der Waals surface area contributed by atoms with Crippen LogP contribution in [-0.2, 0) is 0 Å². The molecule has 37 heavy (non-hydrogen) atoms. The van der Waals surface area contributed by atoms with Crippen LogP contribution >= 0.6 is 0 Å². The quantitative estimate of drug-likeness (QED) is 0.279. The highest BCUT2D eigenvalue weighted by Gasteiger charge is 2.21. The molecule has 0 spiro atoms. The molecule has 4 aromatic rings. The lowest BCUT2D eigenvalue weighted by atomic mass is 10.0. The summed E-state index contributed by atoms with van der Waals surface area (Å²) in [4.78, 5) is 17.3. The molecule has 7 nitrogen and oxygen atoms in total. The number of amidine groups is 1. The molecule has 5 rings (SSSR count). The van der Waals surface area contributed by atoms with Gasteiger partial charge in [0.05, 0.1) is 22.6 Å². The third kappa shape index (κ3) is 5.12. The maximum atomic E-state index is 15.1. The Morgan fingerprint density at radius 3 is 2.62 bits per heavy atom. The van der Waals surface area contributed by atoms with Gasteiger partial charge in [-0.1, -0.05) is 36.9 Å². The van der Waals surface area contributed by atoms with Gasteiger partial charge in [0, 0.05) is 43.3 Å². The van der Waals surface area contributed by atoms with Gasteiger partial charge in [-0.15, -0.1) is 0 Å². The summed E-state index contributed by atoms with van der Waals surface area (Å²) in [7, 11) is 2.01. The van der Waals surface area contributed by atoms with Crippen molar-refractivity contribution in [3.8, 4) is 11.1 Å². The molecule has 0 radical (unpaired) electrons. The number of anilines is 3. The first-order valence-electron chi connectivity index (χ1n) is 11.9. The van der Waals surface area contributed by atoms with Gasteiger partial charge >= 0.3 is 0 Å². The first kappa shape index (κ1) is 24.3. The van der Waals surface area contributed by atoms with Crippen LogP contribution in [-0.4, -0.2) is 53.9 Å². The first-order chi connectivity index (χ1) is 17.9. The minimum atomic E-state index is -0.959. The Balaban J connectivity index is 1.47. The maximum absolute atomic E-state index is 15.1. The molecule has 9 heteroatoms. The molecule has 3 N–H and O–H groups in total. The van der Waals surface area contributed by atoms with Crippen molar-refractivity contribution in [2.45, 2.75) is 0 Å². The van der Waals surface area contributed by atoms with Crippen molar-refractivity contribution in [3.05, 3.63) is 85.1 Å². The molecule has 0 bridgehead atoms. The highest BCUT2D eigenvalue weighted by atomic mass is 19.2. The van der Waals surface area contributed by atoms with E-state index in [0.717, 1.165) is 29.6 Å². The van der Waals surface area contributed by atoms with Crippen molar-refractivity contribution in [2.24, 2.45) is 10.7 Å². The largest absolute Gasteiger partial charge is 0.384 e. The average molecular weight is 500 g/mol. The summed E-state index contributed by atoms with van der Waals surface area (Å²) >= 11 is 0. The zero-order chi connectivity index (χ0) is 25.9. The van der Waals surface area contributed by atoms with Crippen LogP contribution in [0.5, 0.6) is 0 Å². The van der Waals surface area contributed by atoms with Crippen LogP contribution in [0, 0.1) is 11.6 Å². The van der Waals surface area contributed by atoms with E-state index < -0.39 is 11.6 Å². The van der Waals surface area contributed by atoms with Crippen LogP contribution in [0.4, 0.5) is 31.8 Å². The lowest BCUT2D eigenvalue weighted by Gasteiger charge is -2.34. The topological polar surface area (TPSA) is 82.7 Å². The number of nitrogens with two attached hydrogens (primary N) is 1. The van der Waals surface area contributed by atoms with Crippen LogP contribution in [0.2, 0.25) is 0 Å². The third-order valence-electron chi connectivity index (χ3n) is 6.39. The number of nitrogens with zero attached hydrogens (tertiary/aromatic N) is 5. The fraction of sp³-hybridized carbons (Fsp3) is 0.179. The van der Waals surface area contributed by atoms with Crippen LogP contribution in [0.3, 0.4) is 0 Å². The summed E-state index contributed by atoms with van der Waals surface area (Å²) in [6.45, 7) is 6.51. The minimum absolute atomic E-state index is 0.0246. The molecular weight excluding hydrogens is 472 g/mol. The fourth-order valence-corrected chi connectivity index (χ4v) is 4.33. The molecule has 1 aliphatic heterocycles. The first-order valence-corrected chi connectivity index (χ1v) is 11.9. The van der Waals surface area contributed by atoms with Gasteiger partial charge in [-0.3, -0.25) is 0 Å². The second kappa shape index (κ2) is 10.3. The van der Waals surface area contributed by atoms with Crippen molar-refractivity contribution < 1.29 is 8.78 Å². The average Bonchev–Trinajstić information content (AvgIpc) is 2.92. The van der Waals surface area contributed by atoms with Crippen LogP contribution in [0.1, 0.15) is 0 Å². The zero-order valence-electron chi connectivity index (χ0n) is 20.5. The number of fused-ring (bicyclic) bond motifs is 1. The van der Waals surface area contributed by atoms with Gasteiger partial charge in [-0.25, -0.2) is 23.7 Å². The standard InChI is InChI=1S/C28H27F2N7/c1-3-24(31)33-20-8-4-6-18(16-20)21-9-5-7-19-17-32-28(35-27(19)21)34-22-10-11-23(26(30)25(22)29)37-14-12-36(2)13-15-37/h3-11,16-17H,1,12-15H2,2H3,(H2,31,33)(H,32,34,35). The minimum Gasteiger partial charge on any atom is -0.384 e. The normalized spacial score (nSPS) is 14.7. The molecule has 188 valence electrons. The summed E-state index contributed by atoms with van der Waals surface area (Å²) in [5, 5.41) is 3.66. The number of rotatable bonds is 6.